The minimum absolute atomic E-state index is 0.0509. The molecule has 0 aliphatic carbocycles. The zero-order valence-electron chi connectivity index (χ0n) is 12.1. The lowest BCUT2D eigenvalue weighted by molar-refractivity contribution is 0.118. The van der Waals surface area contributed by atoms with Gasteiger partial charge in [0.15, 0.2) is 0 Å². The largest absolute Gasteiger partial charge is 0.395 e. The number of nitrogens with one attached hydrogen (secondary N) is 1. The average molecular weight is 290 g/mol. The Morgan fingerprint density at radius 2 is 2.00 bits per heavy atom. The average Bonchev–Trinajstić information content (AvgIpc) is 2.54. The fourth-order valence-corrected chi connectivity index (χ4v) is 2.21. The molecule has 1 saturated heterocycles. The summed E-state index contributed by atoms with van der Waals surface area (Å²) in [7, 11) is 0. The first kappa shape index (κ1) is 15.5. The molecule has 2 N–H and O–H groups in total. The Labute approximate surface area is 125 Å². The van der Waals surface area contributed by atoms with Gasteiger partial charge in [-0.2, -0.15) is 0 Å². The van der Waals surface area contributed by atoms with Crippen molar-refractivity contribution in [2.45, 2.75) is 19.4 Å². The van der Waals surface area contributed by atoms with Crippen LogP contribution in [-0.4, -0.2) is 42.4 Å². The van der Waals surface area contributed by atoms with Crippen LogP contribution >= 0.6 is 0 Å². The summed E-state index contributed by atoms with van der Waals surface area (Å²) in [6.07, 6.45) is 3.50. The van der Waals surface area contributed by atoms with Crippen molar-refractivity contribution in [3.63, 3.8) is 0 Å². The minimum atomic E-state index is -0.188. The SMILES string of the molecule is O=C(NC=C1CCOCC1)N(CCO)Cc1ccccc1. The van der Waals surface area contributed by atoms with Crippen molar-refractivity contribution in [3.8, 4) is 0 Å². The summed E-state index contributed by atoms with van der Waals surface area (Å²) >= 11 is 0. The standard InChI is InChI=1S/C16H22N2O3/c19-9-8-18(13-15-4-2-1-3-5-15)16(20)17-12-14-6-10-21-11-7-14/h1-5,12,19H,6-11,13H2,(H,17,20). The second-order valence-corrected chi connectivity index (χ2v) is 5.00. The molecule has 5 nitrogen and oxygen atoms in total. The molecule has 21 heavy (non-hydrogen) atoms. The van der Waals surface area contributed by atoms with E-state index in [0.717, 1.165) is 18.4 Å². The van der Waals surface area contributed by atoms with Crippen molar-refractivity contribution in [1.29, 1.82) is 0 Å². The van der Waals surface area contributed by atoms with Gasteiger partial charge in [-0.3, -0.25) is 0 Å². The van der Waals surface area contributed by atoms with Crippen molar-refractivity contribution < 1.29 is 14.6 Å². The highest BCUT2D eigenvalue weighted by atomic mass is 16.5. The number of nitrogens with zero attached hydrogens (tertiary/aromatic N) is 1. The molecular formula is C16H22N2O3. The first-order valence-electron chi connectivity index (χ1n) is 7.25. The maximum absolute atomic E-state index is 12.2. The topological polar surface area (TPSA) is 61.8 Å². The fraction of sp³-hybridized carbons (Fsp3) is 0.438. The number of urea groups is 1. The number of aliphatic hydroxyl groups excluding tert-OH is 1. The monoisotopic (exact) mass is 290 g/mol. The van der Waals surface area contributed by atoms with E-state index in [9.17, 15) is 4.79 Å². The Hall–Kier alpha value is -1.85. The van der Waals surface area contributed by atoms with Crippen molar-refractivity contribution >= 4 is 6.03 Å². The first-order valence-corrected chi connectivity index (χ1v) is 7.25. The van der Waals surface area contributed by atoms with E-state index in [1.165, 1.54) is 5.57 Å². The molecule has 0 saturated carbocycles. The van der Waals surface area contributed by atoms with Crippen molar-refractivity contribution in [2.24, 2.45) is 0 Å². The quantitative estimate of drug-likeness (QED) is 0.870. The molecule has 2 rings (SSSR count). The second-order valence-electron chi connectivity index (χ2n) is 5.00. The summed E-state index contributed by atoms with van der Waals surface area (Å²) in [6.45, 7) is 2.18. The van der Waals surface area contributed by atoms with Gasteiger partial charge < -0.3 is 20.1 Å². The molecule has 1 aliphatic rings. The number of carbonyl (C=O) groups is 1. The smallest absolute Gasteiger partial charge is 0.321 e. The molecule has 0 spiro atoms. The zero-order valence-corrected chi connectivity index (χ0v) is 12.1. The molecule has 0 atom stereocenters. The van der Waals surface area contributed by atoms with Crippen LogP contribution in [0.4, 0.5) is 4.79 Å². The summed E-state index contributed by atoms with van der Waals surface area (Å²) in [6, 6.07) is 9.56. The van der Waals surface area contributed by atoms with E-state index in [-0.39, 0.29) is 12.6 Å². The number of hydrogen-bond acceptors (Lipinski definition) is 3. The van der Waals surface area contributed by atoms with Gasteiger partial charge in [-0.15, -0.1) is 0 Å². The first-order chi connectivity index (χ1) is 10.3. The predicted octanol–water partition coefficient (Wildman–Crippen LogP) is 1.88. The highest BCUT2D eigenvalue weighted by molar-refractivity contribution is 5.75. The molecular weight excluding hydrogens is 268 g/mol. The van der Waals surface area contributed by atoms with E-state index in [1.54, 1.807) is 11.1 Å². The van der Waals surface area contributed by atoms with E-state index in [2.05, 4.69) is 5.32 Å². The van der Waals surface area contributed by atoms with Gasteiger partial charge >= 0.3 is 6.03 Å². The van der Waals surface area contributed by atoms with Crippen LogP contribution in [-0.2, 0) is 11.3 Å². The highest BCUT2D eigenvalue weighted by Crippen LogP contribution is 2.12. The molecule has 114 valence electrons. The van der Waals surface area contributed by atoms with Crippen LogP contribution in [0, 0.1) is 0 Å². The normalized spacial score (nSPS) is 14.6. The minimum Gasteiger partial charge on any atom is -0.395 e. The van der Waals surface area contributed by atoms with Crippen LogP contribution in [0.15, 0.2) is 42.1 Å². The summed E-state index contributed by atoms with van der Waals surface area (Å²) in [5.74, 6) is 0. The fourth-order valence-electron chi connectivity index (χ4n) is 2.21. The third-order valence-corrected chi connectivity index (χ3v) is 3.41. The lowest BCUT2D eigenvalue weighted by Crippen LogP contribution is -2.39. The molecule has 1 aromatic rings. The number of benzene rings is 1. The predicted molar refractivity (Wildman–Crippen MR) is 80.6 cm³/mol. The van der Waals surface area contributed by atoms with Crippen LogP contribution < -0.4 is 5.32 Å². The zero-order chi connectivity index (χ0) is 14.9. The molecule has 0 unspecified atom stereocenters. The van der Waals surface area contributed by atoms with Crippen LogP contribution in [0.5, 0.6) is 0 Å². The van der Waals surface area contributed by atoms with Gasteiger partial charge in [-0.05, 0) is 24.0 Å². The number of hydrogen-bond donors (Lipinski definition) is 2. The summed E-state index contributed by atoms with van der Waals surface area (Å²) < 4.78 is 5.27. The van der Waals surface area contributed by atoms with Gasteiger partial charge in [0.1, 0.15) is 0 Å². The third-order valence-electron chi connectivity index (χ3n) is 3.41. The molecule has 1 heterocycles. The van der Waals surface area contributed by atoms with Crippen LogP contribution in [0.25, 0.3) is 0 Å². The second kappa shape index (κ2) is 8.44. The van der Waals surface area contributed by atoms with E-state index in [0.29, 0.717) is 26.3 Å². The van der Waals surface area contributed by atoms with Crippen molar-refractivity contribution in [1.82, 2.24) is 10.2 Å². The molecule has 5 heteroatoms. The molecule has 2 amide bonds. The van der Waals surface area contributed by atoms with E-state index >= 15 is 0 Å². The molecule has 0 bridgehead atoms. The molecule has 1 aromatic carbocycles. The van der Waals surface area contributed by atoms with Crippen LogP contribution in [0.3, 0.4) is 0 Å². The van der Waals surface area contributed by atoms with Crippen LogP contribution in [0.2, 0.25) is 0 Å². The van der Waals surface area contributed by atoms with Gasteiger partial charge in [0.2, 0.25) is 0 Å². The lowest BCUT2D eigenvalue weighted by Gasteiger charge is -2.22. The molecule has 0 radical (unpaired) electrons. The van der Waals surface area contributed by atoms with Gasteiger partial charge in [0, 0.05) is 19.3 Å². The van der Waals surface area contributed by atoms with E-state index in [1.807, 2.05) is 30.3 Å². The molecule has 0 aromatic heterocycles. The number of rotatable bonds is 5. The number of carbonyl (C=O) groups excluding carboxylic acids is 1. The maximum Gasteiger partial charge on any atom is 0.321 e. The summed E-state index contributed by atoms with van der Waals surface area (Å²) in [5.41, 5.74) is 2.23. The van der Waals surface area contributed by atoms with Gasteiger partial charge in [-0.1, -0.05) is 30.3 Å². The van der Waals surface area contributed by atoms with Crippen molar-refractivity contribution in [3.05, 3.63) is 47.7 Å². The Bertz CT molecular complexity index is 466. The Kier molecular flexibility index (Phi) is 6.24. The summed E-state index contributed by atoms with van der Waals surface area (Å²) in [5, 5.41) is 11.9. The highest BCUT2D eigenvalue weighted by Gasteiger charge is 2.13. The lowest BCUT2D eigenvalue weighted by atomic mass is 10.1. The van der Waals surface area contributed by atoms with E-state index < -0.39 is 0 Å². The van der Waals surface area contributed by atoms with Gasteiger partial charge in [-0.25, -0.2) is 4.79 Å². The van der Waals surface area contributed by atoms with E-state index in [4.69, 9.17) is 9.84 Å². The van der Waals surface area contributed by atoms with Gasteiger partial charge in [0.25, 0.3) is 0 Å². The summed E-state index contributed by atoms with van der Waals surface area (Å²) in [4.78, 5) is 13.8. The maximum atomic E-state index is 12.2. The molecule has 1 fully saturated rings. The number of aliphatic hydroxyl groups is 1. The number of ether oxygens (including phenoxy) is 1. The Balaban J connectivity index is 1.92. The van der Waals surface area contributed by atoms with Crippen molar-refractivity contribution in [2.75, 3.05) is 26.4 Å². The third kappa shape index (κ3) is 5.21. The van der Waals surface area contributed by atoms with Gasteiger partial charge in [0.05, 0.1) is 19.8 Å². The number of amides is 2. The Morgan fingerprint density at radius 3 is 2.67 bits per heavy atom. The molecule has 1 aliphatic heterocycles. The Morgan fingerprint density at radius 1 is 1.29 bits per heavy atom. The van der Waals surface area contributed by atoms with Crippen LogP contribution in [0.1, 0.15) is 18.4 Å².